The van der Waals surface area contributed by atoms with Crippen molar-refractivity contribution in [3.05, 3.63) is 24.2 Å². The topological polar surface area (TPSA) is 73.0 Å². The van der Waals surface area contributed by atoms with Crippen LogP contribution in [0, 0.1) is 0 Å². The Morgan fingerprint density at radius 2 is 2.07 bits per heavy atom. The predicted octanol–water partition coefficient (Wildman–Crippen LogP) is 3.31. The Labute approximate surface area is 181 Å². The first-order chi connectivity index (χ1) is 12.5. The molecule has 0 aliphatic heterocycles. The van der Waals surface area contributed by atoms with Crippen LogP contribution in [-0.2, 0) is 5.60 Å². The Bertz CT molecular complexity index is 528. The number of hydrogen-bond acceptors (Lipinski definition) is 4. The van der Waals surface area contributed by atoms with Gasteiger partial charge in [0.1, 0.15) is 11.4 Å². The van der Waals surface area contributed by atoms with Gasteiger partial charge in [-0.3, -0.25) is 0 Å². The molecule has 1 saturated carbocycles. The molecule has 1 aliphatic carbocycles. The molecule has 0 saturated heterocycles. The Hall–Kier alpha value is -0.800. The molecule has 1 unspecified atom stereocenters. The first kappa shape index (κ1) is 24.2. The van der Waals surface area contributed by atoms with Crippen LogP contribution in [0.4, 0.5) is 0 Å². The number of hydrogen-bond donors (Lipinski definition) is 3. The van der Waals surface area contributed by atoms with Gasteiger partial charge < -0.3 is 25.1 Å². The summed E-state index contributed by atoms with van der Waals surface area (Å²) in [5, 5.41) is 17.1. The highest BCUT2D eigenvalue weighted by atomic mass is 127. The lowest BCUT2D eigenvalue weighted by molar-refractivity contribution is 0.0437. The number of nitrogens with one attached hydrogen (secondary N) is 2. The monoisotopic (exact) mass is 492 g/mol. The van der Waals surface area contributed by atoms with Crippen molar-refractivity contribution in [2.45, 2.75) is 64.0 Å². The summed E-state index contributed by atoms with van der Waals surface area (Å²) in [6.45, 7) is 6.76. The Balaban J connectivity index is 0.00000364. The van der Waals surface area contributed by atoms with Gasteiger partial charge in [0.05, 0.1) is 12.8 Å². The summed E-state index contributed by atoms with van der Waals surface area (Å²) in [5.74, 6) is 1.27. The van der Waals surface area contributed by atoms with E-state index in [-0.39, 0.29) is 30.5 Å². The smallest absolute Gasteiger partial charge is 0.191 e. The maximum absolute atomic E-state index is 10.5. The van der Waals surface area contributed by atoms with E-state index in [9.17, 15) is 5.11 Å². The normalized spacial score (nSPS) is 18.0. The summed E-state index contributed by atoms with van der Waals surface area (Å²) >= 11 is 0. The molecule has 1 atom stereocenters. The van der Waals surface area contributed by atoms with Gasteiger partial charge in [-0.2, -0.15) is 0 Å². The van der Waals surface area contributed by atoms with Gasteiger partial charge in [0.25, 0.3) is 0 Å². The number of guanidine groups is 1. The van der Waals surface area contributed by atoms with Gasteiger partial charge >= 0.3 is 0 Å². The van der Waals surface area contributed by atoms with Crippen molar-refractivity contribution < 1.29 is 9.52 Å². The summed E-state index contributed by atoms with van der Waals surface area (Å²) in [5.41, 5.74) is -1.10. The molecule has 1 aromatic heterocycles. The fourth-order valence-corrected chi connectivity index (χ4v) is 3.48. The Kier molecular flexibility index (Phi) is 11.3. The molecule has 7 heteroatoms. The summed E-state index contributed by atoms with van der Waals surface area (Å²) < 4.78 is 5.31. The van der Waals surface area contributed by atoms with Crippen LogP contribution in [-0.4, -0.2) is 55.2 Å². The van der Waals surface area contributed by atoms with Gasteiger partial charge in [-0.25, -0.2) is 4.99 Å². The molecule has 0 radical (unpaired) electrons. The number of aliphatic imine (C=N–C) groups is 1. The Morgan fingerprint density at radius 1 is 1.33 bits per heavy atom. The highest BCUT2D eigenvalue weighted by Crippen LogP contribution is 2.22. The van der Waals surface area contributed by atoms with Crippen LogP contribution in [0.1, 0.15) is 58.1 Å². The SMILES string of the molecule is CCNC(=NCC(C)(O)c1ccco1)NCCCN(C)C1CCCCC1.I. The number of furan rings is 1. The third-order valence-corrected chi connectivity index (χ3v) is 5.12. The summed E-state index contributed by atoms with van der Waals surface area (Å²) in [7, 11) is 2.25. The molecule has 27 heavy (non-hydrogen) atoms. The zero-order valence-electron chi connectivity index (χ0n) is 17.0. The van der Waals surface area contributed by atoms with E-state index >= 15 is 0 Å². The molecule has 6 nitrogen and oxygen atoms in total. The van der Waals surface area contributed by atoms with Crippen LogP contribution in [0.25, 0.3) is 0 Å². The van der Waals surface area contributed by atoms with Crippen molar-refractivity contribution in [1.82, 2.24) is 15.5 Å². The minimum Gasteiger partial charge on any atom is -0.466 e. The van der Waals surface area contributed by atoms with Gasteiger partial charge in [-0.1, -0.05) is 19.3 Å². The van der Waals surface area contributed by atoms with E-state index < -0.39 is 5.60 Å². The lowest BCUT2D eigenvalue weighted by Crippen LogP contribution is -2.40. The average molecular weight is 492 g/mol. The minimum atomic E-state index is -1.10. The fraction of sp³-hybridized carbons (Fsp3) is 0.750. The molecule has 0 amide bonds. The molecule has 1 aromatic rings. The van der Waals surface area contributed by atoms with E-state index in [4.69, 9.17) is 4.42 Å². The number of aliphatic hydroxyl groups is 1. The molecule has 0 bridgehead atoms. The number of nitrogens with zero attached hydrogens (tertiary/aromatic N) is 2. The molecule has 0 spiro atoms. The number of rotatable bonds is 9. The van der Waals surface area contributed by atoms with Gasteiger partial charge in [-0.15, -0.1) is 24.0 Å². The van der Waals surface area contributed by atoms with Crippen LogP contribution in [0.3, 0.4) is 0 Å². The van der Waals surface area contributed by atoms with Gasteiger partial charge in [-0.05, 0) is 58.8 Å². The third kappa shape index (κ3) is 8.39. The molecular weight excluding hydrogens is 455 g/mol. The second kappa shape index (κ2) is 12.6. The van der Waals surface area contributed by atoms with Crippen LogP contribution in [0.5, 0.6) is 0 Å². The third-order valence-electron chi connectivity index (χ3n) is 5.12. The second-order valence-corrected chi connectivity index (χ2v) is 7.50. The summed E-state index contributed by atoms with van der Waals surface area (Å²) in [6.07, 6.45) is 9.48. The average Bonchev–Trinajstić information content (AvgIpc) is 3.19. The van der Waals surface area contributed by atoms with Crippen LogP contribution < -0.4 is 10.6 Å². The van der Waals surface area contributed by atoms with Crippen molar-refractivity contribution >= 4 is 29.9 Å². The largest absolute Gasteiger partial charge is 0.466 e. The first-order valence-electron chi connectivity index (χ1n) is 10.0. The molecule has 2 rings (SSSR count). The fourth-order valence-electron chi connectivity index (χ4n) is 3.48. The van der Waals surface area contributed by atoms with Crippen LogP contribution in [0.15, 0.2) is 27.8 Å². The molecule has 3 N–H and O–H groups in total. The van der Waals surface area contributed by atoms with Crippen LogP contribution >= 0.6 is 24.0 Å². The van der Waals surface area contributed by atoms with E-state index in [0.717, 1.165) is 38.1 Å². The van der Waals surface area contributed by atoms with E-state index in [0.29, 0.717) is 5.76 Å². The highest BCUT2D eigenvalue weighted by molar-refractivity contribution is 14.0. The molecule has 1 fully saturated rings. The minimum absolute atomic E-state index is 0. The number of halogens is 1. The van der Waals surface area contributed by atoms with Gasteiger partial charge in [0, 0.05) is 19.1 Å². The molecule has 1 aliphatic rings. The van der Waals surface area contributed by atoms with Gasteiger partial charge in [0.15, 0.2) is 5.96 Å². The van der Waals surface area contributed by atoms with Crippen molar-refractivity contribution in [2.24, 2.45) is 4.99 Å². The molecular formula is C20H37IN4O2. The molecule has 156 valence electrons. The zero-order valence-corrected chi connectivity index (χ0v) is 19.4. The lowest BCUT2D eigenvalue weighted by Gasteiger charge is -2.31. The molecule has 0 aromatic carbocycles. The van der Waals surface area contributed by atoms with Crippen molar-refractivity contribution in [3.63, 3.8) is 0 Å². The van der Waals surface area contributed by atoms with Crippen LogP contribution in [0.2, 0.25) is 0 Å². The molecule has 1 heterocycles. The zero-order chi connectivity index (χ0) is 18.8. The van der Waals surface area contributed by atoms with Crippen molar-refractivity contribution in [3.8, 4) is 0 Å². The Morgan fingerprint density at radius 3 is 2.70 bits per heavy atom. The highest BCUT2D eigenvalue weighted by Gasteiger charge is 2.26. The maximum atomic E-state index is 10.5. The van der Waals surface area contributed by atoms with E-state index in [1.807, 2.05) is 6.92 Å². The van der Waals surface area contributed by atoms with Crippen molar-refractivity contribution in [2.75, 3.05) is 33.2 Å². The van der Waals surface area contributed by atoms with Crippen molar-refractivity contribution in [1.29, 1.82) is 0 Å². The first-order valence-corrected chi connectivity index (χ1v) is 10.0. The standard InChI is InChI=1S/C20H36N4O2.HI/c1-4-21-19(23-16-20(2,25)18-12-8-15-26-18)22-13-9-14-24(3)17-10-6-5-7-11-17;/h8,12,15,17,25H,4-7,9-11,13-14,16H2,1-3H3,(H2,21,22,23);1H. The summed E-state index contributed by atoms with van der Waals surface area (Å²) in [6, 6.07) is 4.31. The maximum Gasteiger partial charge on any atom is 0.191 e. The lowest BCUT2D eigenvalue weighted by atomic mass is 9.94. The second-order valence-electron chi connectivity index (χ2n) is 7.50. The van der Waals surface area contributed by atoms with E-state index in [1.54, 1.807) is 25.3 Å². The van der Waals surface area contributed by atoms with Gasteiger partial charge in [0.2, 0.25) is 0 Å². The van der Waals surface area contributed by atoms with E-state index in [2.05, 4.69) is 27.6 Å². The summed E-state index contributed by atoms with van der Waals surface area (Å²) in [4.78, 5) is 7.03. The predicted molar refractivity (Wildman–Crippen MR) is 122 cm³/mol. The van der Waals surface area contributed by atoms with E-state index in [1.165, 1.54) is 32.1 Å². The quantitative estimate of drug-likeness (QED) is 0.214.